The van der Waals surface area contributed by atoms with E-state index in [4.69, 9.17) is 14.1 Å². The molecule has 66 heavy (non-hydrogen) atoms. The molecule has 4 fully saturated rings. The standard InChI is InChI=1S/C54H76N4O8/c1-49(2)28-30-54(48(61)64-35-36-19-15-14-16-20-36)31-29-52(6)37(38(54)33-49)22-25-43-51(5)34-41(47(60)50(3,4)42(51)26-27-53(43,52)7)65-44(59)21-17-12-10-8-9-11-13-18-32-55-39-23-24-40(58(62)63)46-45(39)56-66-57-46/h14-16,19-20,22-24,38,41-43,47,55,60H,8-13,17-18,21,25-35H2,1-7H3/t38-,41+,42-,43+,47-,51-,52+,53+,54-/m0/s1. The number of allylic oxidation sites excluding steroid dienone is 2. The molecule has 0 amide bonds. The number of rotatable bonds is 17. The second-order valence-electron chi connectivity index (χ2n) is 23.3. The maximum Gasteiger partial charge on any atom is 0.313 e. The van der Waals surface area contributed by atoms with Gasteiger partial charge in [-0.2, -0.15) is 0 Å². The van der Waals surface area contributed by atoms with Crippen molar-refractivity contribution in [3.8, 4) is 0 Å². The number of nitrogens with one attached hydrogen (secondary N) is 1. The lowest BCUT2D eigenvalue weighted by Gasteiger charge is -2.71. The van der Waals surface area contributed by atoms with Gasteiger partial charge >= 0.3 is 17.6 Å². The summed E-state index contributed by atoms with van der Waals surface area (Å²) in [5, 5.41) is 34.1. The molecule has 2 aromatic carbocycles. The van der Waals surface area contributed by atoms with Crippen LogP contribution in [-0.4, -0.2) is 51.0 Å². The lowest BCUT2D eigenvalue weighted by atomic mass is 9.33. The Morgan fingerprint density at radius 2 is 1.52 bits per heavy atom. The van der Waals surface area contributed by atoms with Crippen LogP contribution >= 0.6 is 0 Å². The number of carbonyl (C=O) groups is 2. The third kappa shape index (κ3) is 8.70. The van der Waals surface area contributed by atoms with Crippen LogP contribution in [0.3, 0.4) is 0 Å². The van der Waals surface area contributed by atoms with E-state index < -0.39 is 28.0 Å². The maximum absolute atomic E-state index is 14.5. The van der Waals surface area contributed by atoms with Crippen molar-refractivity contribution in [2.45, 2.75) is 183 Å². The molecule has 4 saturated carbocycles. The molecule has 5 aliphatic carbocycles. The van der Waals surface area contributed by atoms with Crippen LogP contribution in [0.2, 0.25) is 0 Å². The number of aliphatic hydroxyl groups is 1. The van der Waals surface area contributed by atoms with Crippen LogP contribution in [0, 0.1) is 60.4 Å². The van der Waals surface area contributed by atoms with Gasteiger partial charge in [0.2, 0.25) is 5.52 Å². The van der Waals surface area contributed by atoms with Gasteiger partial charge in [0, 0.05) is 19.0 Å². The van der Waals surface area contributed by atoms with Crippen molar-refractivity contribution in [2.24, 2.45) is 50.2 Å². The minimum absolute atomic E-state index is 0.00752. The average molecular weight is 909 g/mol. The molecule has 0 unspecified atom stereocenters. The van der Waals surface area contributed by atoms with E-state index in [0.29, 0.717) is 42.5 Å². The summed E-state index contributed by atoms with van der Waals surface area (Å²) < 4.78 is 17.3. The Labute approximate surface area is 391 Å². The number of benzene rings is 2. The number of ether oxygens (including phenoxy) is 2. The first-order valence-electron chi connectivity index (χ1n) is 25.3. The Bertz CT molecular complexity index is 2270. The molecule has 0 radical (unpaired) electrons. The van der Waals surface area contributed by atoms with E-state index in [1.54, 1.807) is 6.07 Å². The monoisotopic (exact) mass is 909 g/mol. The van der Waals surface area contributed by atoms with E-state index in [1.165, 1.54) is 11.6 Å². The van der Waals surface area contributed by atoms with Crippen molar-refractivity contribution in [2.75, 3.05) is 11.9 Å². The summed E-state index contributed by atoms with van der Waals surface area (Å²) in [6, 6.07) is 13.1. The molecule has 12 heteroatoms. The fourth-order valence-corrected chi connectivity index (χ4v) is 14.7. The van der Waals surface area contributed by atoms with Gasteiger partial charge in [0.25, 0.3) is 0 Å². The average Bonchev–Trinajstić information content (AvgIpc) is 3.77. The van der Waals surface area contributed by atoms with Crippen molar-refractivity contribution >= 4 is 34.3 Å². The van der Waals surface area contributed by atoms with E-state index in [0.717, 1.165) is 115 Å². The topological polar surface area (TPSA) is 167 Å². The van der Waals surface area contributed by atoms with Crippen molar-refractivity contribution in [1.29, 1.82) is 0 Å². The zero-order valence-corrected chi connectivity index (χ0v) is 40.8. The van der Waals surface area contributed by atoms with Crippen molar-refractivity contribution < 1.29 is 33.7 Å². The number of nitro groups is 1. The third-order valence-electron chi connectivity index (χ3n) is 18.7. The molecule has 8 rings (SSSR count). The number of hydrogen-bond donors (Lipinski definition) is 2. The number of carbonyl (C=O) groups excluding carboxylic acids is 2. The number of non-ortho nitro benzene ring substituents is 1. The van der Waals surface area contributed by atoms with Gasteiger partial charge in [-0.15, -0.1) is 0 Å². The lowest BCUT2D eigenvalue weighted by Crippen LogP contribution is -2.67. The van der Waals surface area contributed by atoms with E-state index in [-0.39, 0.29) is 50.7 Å². The molecule has 0 spiro atoms. The third-order valence-corrected chi connectivity index (χ3v) is 18.7. The molecule has 5 aliphatic rings. The summed E-state index contributed by atoms with van der Waals surface area (Å²) in [7, 11) is 0. The van der Waals surface area contributed by atoms with Gasteiger partial charge in [-0.05, 0) is 137 Å². The maximum atomic E-state index is 14.5. The molecule has 12 nitrogen and oxygen atoms in total. The van der Waals surface area contributed by atoms with E-state index in [2.05, 4.69) is 70.2 Å². The van der Waals surface area contributed by atoms with Crippen LogP contribution in [0.4, 0.5) is 11.4 Å². The van der Waals surface area contributed by atoms with Crippen LogP contribution in [0.15, 0.2) is 58.7 Å². The molecule has 3 aromatic rings. The Morgan fingerprint density at radius 1 is 0.833 bits per heavy atom. The van der Waals surface area contributed by atoms with Gasteiger partial charge in [-0.3, -0.25) is 19.7 Å². The van der Waals surface area contributed by atoms with Crippen molar-refractivity contribution in [3.05, 3.63) is 69.8 Å². The largest absolute Gasteiger partial charge is 0.460 e. The Hall–Kier alpha value is -4.32. The predicted molar refractivity (Wildman–Crippen MR) is 255 cm³/mol. The molecular formula is C54H76N4O8. The van der Waals surface area contributed by atoms with Crippen molar-refractivity contribution in [1.82, 2.24) is 10.3 Å². The number of hydrogen-bond acceptors (Lipinski definition) is 11. The van der Waals surface area contributed by atoms with Crippen LogP contribution in [0.5, 0.6) is 0 Å². The second kappa shape index (κ2) is 18.6. The van der Waals surface area contributed by atoms with E-state index in [1.807, 2.05) is 30.3 Å². The summed E-state index contributed by atoms with van der Waals surface area (Å²) in [6.07, 6.45) is 18.3. The molecule has 360 valence electrons. The molecule has 1 aromatic heterocycles. The van der Waals surface area contributed by atoms with Crippen LogP contribution in [-0.2, 0) is 25.7 Å². The fraction of sp³-hybridized carbons (Fsp3) is 0.704. The Kier molecular flexibility index (Phi) is 13.6. The van der Waals surface area contributed by atoms with Gasteiger partial charge in [0.15, 0.2) is 5.52 Å². The molecule has 9 atom stereocenters. The number of fused-ring (bicyclic) bond motifs is 8. The number of nitrogens with zero attached hydrogens (tertiary/aromatic N) is 3. The van der Waals surface area contributed by atoms with Crippen LogP contribution in [0.25, 0.3) is 11.0 Å². The summed E-state index contributed by atoms with van der Waals surface area (Å²) in [4.78, 5) is 38.8. The number of anilines is 1. The van der Waals surface area contributed by atoms with Gasteiger partial charge in [0.05, 0.1) is 22.1 Å². The zero-order valence-electron chi connectivity index (χ0n) is 40.8. The number of nitro benzene ring substituents is 1. The predicted octanol–water partition coefficient (Wildman–Crippen LogP) is 12.5. The minimum atomic E-state index is -0.722. The van der Waals surface area contributed by atoms with Crippen LogP contribution < -0.4 is 5.32 Å². The Morgan fingerprint density at radius 3 is 2.24 bits per heavy atom. The highest BCUT2D eigenvalue weighted by Crippen LogP contribution is 2.76. The quantitative estimate of drug-likeness (QED) is 0.0435. The van der Waals surface area contributed by atoms with Gasteiger partial charge in [-0.1, -0.05) is 129 Å². The summed E-state index contributed by atoms with van der Waals surface area (Å²) in [6.45, 7) is 17.7. The van der Waals surface area contributed by atoms with Gasteiger partial charge < -0.3 is 19.9 Å². The zero-order chi connectivity index (χ0) is 47.1. The van der Waals surface area contributed by atoms with Crippen LogP contribution in [0.1, 0.15) is 170 Å². The van der Waals surface area contributed by atoms with E-state index >= 15 is 0 Å². The lowest BCUT2D eigenvalue weighted by molar-refractivity contribution is -0.383. The summed E-state index contributed by atoms with van der Waals surface area (Å²) in [5.74, 6) is 0.593. The highest BCUT2D eigenvalue weighted by Gasteiger charge is 2.70. The minimum Gasteiger partial charge on any atom is -0.460 e. The molecule has 0 bridgehead atoms. The second-order valence-corrected chi connectivity index (χ2v) is 23.3. The first kappa shape index (κ1) is 48.1. The molecular weight excluding hydrogens is 833 g/mol. The number of esters is 2. The Balaban J connectivity index is 0.842. The molecule has 0 aliphatic heterocycles. The van der Waals surface area contributed by atoms with Gasteiger partial charge in [0.1, 0.15) is 12.7 Å². The first-order chi connectivity index (χ1) is 31.4. The number of aromatic nitrogens is 2. The number of unbranched alkanes of at least 4 members (excludes halogenated alkanes) is 7. The highest BCUT2D eigenvalue weighted by atomic mass is 16.6. The molecule has 2 N–H and O–H groups in total. The first-order valence-corrected chi connectivity index (χ1v) is 25.3. The fourth-order valence-electron chi connectivity index (χ4n) is 14.7. The smallest absolute Gasteiger partial charge is 0.313 e. The number of aliphatic hydroxyl groups excluding tert-OH is 1. The SMILES string of the molecule is CC1(C)CC[C@]2(C(=O)OCc3ccccc3)CC[C@]3(C)C(=CC[C@@H]4[C@@]5(C)C[C@@H](OC(=O)CCCCCCCCCCNc6ccc([N+](=O)[O-])c7nonc67)[C@H](O)C(C)(C)[C@@H]5CC[C@]43C)[C@@H]2C1. The van der Waals surface area contributed by atoms with Crippen molar-refractivity contribution in [3.63, 3.8) is 0 Å². The normalized spacial score (nSPS) is 33.0. The van der Waals surface area contributed by atoms with E-state index in [9.17, 15) is 24.8 Å². The molecule has 0 saturated heterocycles. The van der Waals surface area contributed by atoms with Gasteiger partial charge in [-0.25, -0.2) is 4.63 Å². The molecule has 1 heterocycles. The summed E-state index contributed by atoms with van der Waals surface area (Å²) in [5.41, 5.74) is 2.61. The highest BCUT2D eigenvalue weighted by molar-refractivity contribution is 5.93. The summed E-state index contributed by atoms with van der Waals surface area (Å²) >= 11 is 0.